The van der Waals surface area contributed by atoms with Crippen molar-refractivity contribution in [3.63, 3.8) is 0 Å². The van der Waals surface area contributed by atoms with Crippen LogP contribution >= 0.6 is 0 Å². The Kier molecular flexibility index (Phi) is 5.97. The second kappa shape index (κ2) is 9.38. The molecule has 0 saturated heterocycles. The average Bonchev–Trinajstić information content (AvgIpc) is 3.33. The van der Waals surface area contributed by atoms with Crippen LogP contribution in [-0.2, 0) is 17.8 Å². The lowest BCUT2D eigenvalue weighted by Gasteiger charge is -2.15. The van der Waals surface area contributed by atoms with E-state index in [0.29, 0.717) is 35.0 Å². The van der Waals surface area contributed by atoms with Gasteiger partial charge in [-0.05, 0) is 31.5 Å². The predicted octanol–water partition coefficient (Wildman–Crippen LogP) is 4.40. The van der Waals surface area contributed by atoms with Crippen LogP contribution in [0.15, 0.2) is 89.7 Å². The van der Waals surface area contributed by atoms with Gasteiger partial charge in [0.25, 0.3) is 5.56 Å². The predicted molar refractivity (Wildman–Crippen MR) is 136 cm³/mol. The van der Waals surface area contributed by atoms with Crippen molar-refractivity contribution in [2.75, 3.05) is 5.32 Å². The number of nitrogens with one attached hydrogen (secondary N) is 1. The summed E-state index contributed by atoms with van der Waals surface area (Å²) in [5, 5.41) is 7.46. The van der Waals surface area contributed by atoms with Gasteiger partial charge in [0.05, 0.1) is 0 Å². The summed E-state index contributed by atoms with van der Waals surface area (Å²) in [6, 6.07) is 26.9. The van der Waals surface area contributed by atoms with E-state index in [-0.39, 0.29) is 18.0 Å². The summed E-state index contributed by atoms with van der Waals surface area (Å²) in [5.74, 6) is 0.561. The SMILES string of the molecule is Cc1ccc(NC(=O)Cn2c(C)c(Cc3ccccc3)c(=O)n3nc(-c4ccccc4)nc23)cc1. The molecule has 2 heterocycles. The van der Waals surface area contributed by atoms with Gasteiger partial charge in [0.2, 0.25) is 11.7 Å². The van der Waals surface area contributed by atoms with Crippen molar-refractivity contribution >= 4 is 17.4 Å². The highest BCUT2D eigenvalue weighted by atomic mass is 16.2. The number of aryl methyl sites for hydroxylation is 1. The van der Waals surface area contributed by atoms with Gasteiger partial charge in [0, 0.05) is 28.9 Å². The minimum Gasteiger partial charge on any atom is -0.325 e. The molecular formula is C28H25N5O2. The molecule has 0 atom stereocenters. The van der Waals surface area contributed by atoms with E-state index in [1.807, 2.05) is 98.8 Å². The maximum absolute atomic E-state index is 13.5. The smallest absolute Gasteiger partial charge is 0.279 e. The zero-order valence-electron chi connectivity index (χ0n) is 19.6. The van der Waals surface area contributed by atoms with Gasteiger partial charge in [-0.25, -0.2) is 0 Å². The highest BCUT2D eigenvalue weighted by molar-refractivity contribution is 5.90. The normalized spacial score (nSPS) is 11.0. The van der Waals surface area contributed by atoms with Crippen LogP contribution in [0.25, 0.3) is 17.2 Å². The lowest BCUT2D eigenvalue weighted by atomic mass is 10.0. The van der Waals surface area contributed by atoms with Gasteiger partial charge < -0.3 is 9.88 Å². The van der Waals surface area contributed by atoms with Crippen molar-refractivity contribution < 1.29 is 4.79 Å². The fourth-order valence-corrected chi connectivity index (χ4v) is 4.09. The largest absolute Gasteiger partial charge is 0.325 e. The van der Waals surface area contributed by atoms with Crippen LogP contribution < -0.4 is 10.9 Å². The number of hydrogen-bond acceptors (Lipinski definition) is 4. The van der Waals surface area contributed by atoms with Crippen LogP contribution in [0.5, 0.6) is 0 Å². The molecule has 2 aromatic heterocycles. The van der Waals surface area contributed by atoms with Gasteiger partial charge in [0.15, 0.2) is 5.82 Å². The van der Waals surface area contributed by atoms with Crippen LogP contribution in [0, 0.1) is 13.8 Å². The summed E-state index contributed by atoms with van der Waals surface area (Å²) in [6.45, 7) is 3.85. The molecule has 5 rings (SSSR count). The number of carbonyl (C=O) groups is 1. The molecule has 0 saturated carbocycles. The number of anilines is 1. The van der Waals surface area contributed by atoms with Crippen LogP contribution in [0.2, 0.25) is 0 Å². The van der Waals surface area contributed by atoms with Gasteiger partial charge in [-0.15, -0.1) is 5.10 Å². The fraction of sp³-hybridized carbons (Fsp3) is 0.143. The van der Waals surface area contributed by atoms with Crippen LogP contribution in [0.3, 0.4) is 0 Å². The van der Waals surface area contributed by atoms with Crippen molar-refractivity contribution in [2.24, 2.45) is 0 Å². The molecule has 0 aliphatic heterocycles. The quantitative estimate of drug-likeness (QED) is 0.405. The number of aromatic nitrogens is 4. The molecule has 3 aromatic carbocycles. The van der Waals surface area contributed by atoms with Crippen LogP contribution in [0.4, 0.5) is 5.69 Å². The van der Waals surface area contributed by atoms with Crippen LogP contribution in [0.1, 0.15) is 22.4 Å². The Morgan fingerprint density at radius 1 is 0.886 bits per heavy atom. The third-order valence-corrected chi connectivity index (χ3v) is 6.02. The average molecular weight is 464 g/mol. The molecule has 35 heavy (non-hydrogen) atoms. The second-order valence-corrected chi connectivity index (χ2v) is 8.55. The van der Waals surface area contributed by atoms with Gasteiger partial charge in [0.1, 0.15) is 6.54 Å². The summed E-state index contributed by atoms with van der Waals surface area (Å²) in [4.78, 5) is 31.2. The highest BCUT2D eigenvalue weighted by Gasteiger charge is 2.20. The molecule has 0 fully saturated rings. The lowest BCUT2D eigenvalue weighted by molar-refractivity contribution is -0.116. The Labute approximate surface area is 202 Å². The first-order valence-electron chi connectivity index (χ1n) is 11.4. The summed E-state index contributed by atoms with van der Waals surface area (Å²) >= 11 is 0. The van der Waals surface area contributed by atoms with E-state index in [1.54, 1.807) is 4.57 Å². The topological polar surface area (TPSA) is 81.3 Å². The Morgan fingerprint density at radius 3 is 2.23 bits per heavy atom. The Hall–Kier alpha value is -4.52. The number of fused-ring (bicyclic) bond motifs is 1. The van der Waals surface area contributed by atoms with Crippen molar-refractivity contribution in [2.45, 2.75) is 26.8 Å². The number of carbonyl (C=O) groups excluding carboxylic acids is 1. The van der Waals surface area contributed by atoms with E-state index in [0.717, 1.165) is 16.7 Å². The minimum absolute atomic E-state index is 0.00178. The number of hydrogen-bond donors (Lipinski definition) is 1. The minimum atomic E-state index is -0.230. The Balaban J connectivity index is 1.60. The van der Waals surface area contributed by atoms with Gasteiger partial charge in [-0.1, -0.05) is 78.4 Å². The highest BCUT2D eigenvalue weighted by Crippen LogP contribution is 2.18. The zero-order chi connectivity index (χ0) is 24.4. The van der Waals surface area contributed by atoms with E-state index in [2.05, 4.69) is 15.4 Å². The van der Waals surface area contributed by atoms with Crippen molar-refractivity contribution in [1.82, 2.24) is 19.2 Å². The molecule has 0 unspecified atom stereocenters. The molecule has 7 heteroatoms. The fourth-order valence-electron chi connectivity index (χ4n) is 4.09. The van der Waals surface area contributed by atoms with Crippen molar-refractivity contribution in [3.8, 4) is 11.4 Å². The molecule has 0 aliphatic carbocycles. The van der Waals surface area contributed by atoms with E-state index >= 15 is 0 Å². The van der Waals surface area contributed by atoms with E-state index < -0.39 is 0 Å². The standard InChI is InChI=1S/C28H25N5O2/c1-19-13-15-23(16-14-19)29-25(34)18-32-20(2)24(17-21-9-5-3-6-10-21)27(35)33-28(32)30-26(31-33)22-11-7-4-8-12-22/h3-16H,17-18H2,1-2H3,(H,29,34). The van der Waals surface area contributed by atoms with Gasteiger partial charge >= 0.3 is 0 Å². The first kappa shape index (κ1) is 22.3. The second-order valence-electron chi connectivity index (χ2n) is 8.55. The Morgan fingerprint density at radius 2 is 1.54 bits per heavy atom. The lowest BCUT2D eigenvalue weighted by Crippen LogP contribution is -2.29. The molecule has 0 aliphatic rings. The van der Waals surface area contributed by atoms with E-state index in [1.165, 1.54) is 4.52 Å². The summed E-state index contributed by atoms with van der Waals surface area (Å²) in [7, 11) is 0. The Bertz CT molecular complexity index is 1550. The third-order valence-electron chi connectivity index (χ3n) is 6.02. The zero-order valence-corrected chi connectivity index (χ0v) is 19.6. The first-order chi connectivity index (χ1) is 17.0. The third kappa shape index (κ3) is 4.61. The monoisotopic (exact) mass is 463 g/mol. The number of rotatable bonds is 6. The summed E-state index contributed by atoms with van der Waals surface area (Å²) in [6.07, 6.45) is 0.432. The van der Waals surface area contributed by atoms with Crippen LogP contribution in [-0.4, -0.2) is 25.1 Å². The van der Waals surface area contributed by atoms with Gasteiger partial charge in [-0.3, -0.25) is 9.59 Å². The number of amides is 1. The molecular weight excluding hydrogens is 438 g/mol. The first-order valence-corrected chi connectivity index (χ1v) is 11.4. The maximum atomic E-state index is 13.5. The molecule has 0 bridgehead atoms. The van der Waals surface area contributed by atoms with E-state index in [4.69, 9.17) is 0 Å². The summed E-state index contributed by atoms with van der Waals surface area (Å²) in [5.41, 5.74) is 4.68. The van der Waals surface area contributed by atoms with E-state index in [9.17, 15) is 9.59 Å². The maximum Gasteiger partial charge on any atom is 0.279 e. The van der Waals surface area contributed by atoms with Crippen molar-refractivity contribution in [3.05, 3.63) is 118 Å². The number of benzene rings is 3. The molecule has 0 radical (unpaired) electrons. The van der Waals surface area contributed by atoms with Gasteiger partial charge in [-0.2, -0.15) is 9.50 Å². The summed E-state index contributed by atoms with van der Waals surface area (Å²) < 4.78 is 3.08. The molecule has 0 spiro atoms. The molecule has 174 valence electrons. The molecule has 7 nitrogen and oxygen atoms in total. The molecule has 1 amide bonds. The van der Waals surface area contributed by atoms with Crippen molar-refractivity contribution in [1.29, 1.82) is 0 Å². The molecule has 1 N–H and O–H groups in total. The molecule has 5 aromatic rings. The number of nitrogens with zero attached hydrogens (tertiary/aromatic N) is 4.